The largest absolute Gasteiger partial charge is 0.490 e. The van der Waals surface area contributed by atoms with Gasteiger partial charge in [-0.25, -0.2) is 4.79 Å². The molecule has 8 heteroatoms. The van der Waals surface area contributed by atoms with Gasteiger partial charge in [-0.2, -0.15) is 13.2 Å². The molecule has 4 bridgehead atoms. The molecule has 148 valence electrons. The highest BCUT2D eigenvalue weighted by Crippen LogP contribution is 2.66. The van der Waals surface area contributed by atoms with Crippen LogP contribution in [-0.2, 0) is 4.79 Å². The van der Waals surface area contributed by atoms with E-state index in [1.807, 2.05) is 0 Å². The van der Waals surface area contributed by atoms with E-state index in [9.17, 15) is 13.2 Å². The molecule has 0 saturated heterocycles. The average molecular weight is 375 g/mol. The molecule has 5 nitrogen and oxygen atoms in total. The Bertz CT molecular complexity index is 535. The summed E-state index contributed by atoms with van der Waals surface area (Å²) in [7, 11) is 0. The smallest absolute Gasteiger partial charge is 0.475 e. The minimum atomic E-state index is -5.08. The number of aliphatic carboxylic acids is 1. The van der Waals surface area contributed by atoms with Crippen molar-refractivity contribution >= 4 is 11.9 Å². The molecule has 0 atom stereocenters. The van der Waals surface area contributed by atoms with Crippen LogP contribution in [0, 0.1) is 29.1 Å². The lowest BCUT2D eigenvalue weighted by atomic mass is 9.42. The number of guanidine groups is 1. The molecule has 26 heavy (non-hydrogen) atoms. The van der Waals surface area contributed by atoms with Crippen LogP contribution in [0.3, 0.4) is 0 Å². The van der Waals surface area contributed by atoms with Gasteiger partial charge >= 0.3 is 12.1 Å². The summed E-state index contributed by atoms with van der Waals surface area (Å²) in [6.45, 7) is 0. The fourth-order valence-corrected chi connectivity index (χ4v) is 6.42. The Labute approximate surface area is 151 Å². The van der Waals surface area contributed by atoms with Crippen LogP contribution < -0.4 is 11.5 Å². The number of carboxylic acid groups (broad SMARTS) is 1. The third kappa shape index (κ3) is 3.78. The number of alkyl halides is 3. The summed E-state index contributed by atoms with van der Waals surface area (Å²) in [6.07, 6.45) is 7.87. The fourth-order valence-electron chi connectivity index (χ4n) is 6.42. The van der Waals surface area contributed by atoms with Gasteiger partial charge in [0.15, 0.2) is 5.96 Å². The highest BCUT2D eigenvalue weighted by atomic mass is 19.4. The van der Waals surface area contributed by atoms with Crippen LogP contribution in [0.5, 0.6) is 0 Å². The molecule has 1 spiro atoms. The minimum absolute atomic E-state index is 0.283. The second-order valence-corrected chi connectivity index (χ2v) is 8.63. The van der Waals surface area contributed by atoms with Crippen LogP contribution in [0.15, 0.2) is 4.99 Å². The standard InChI is InChI=1S/C16H27N3.C2HF3O2/c17-15(18)19-14-1-3-16(4-2-14)12-6-10-5-11(8-12)9-13(16)7-10;3-2(4,5)1(6)7/h10-14H,1-9H2,(H4,17,18,19);(H,6,7). The molecule has 0 radical (unpaired) electrons. The van der Waals surface area contributed by atoms with Crippen molar-refractivity contribution in [2.24, 2.45) is 45.5 Å². The van der Waals surface area contributed by atoms with E-state index in [0.29, 0.717) is 11.5 Å². The number of aliphatic imine (C=N–C) groups is 1. The summed E-state index contributed by atoms with van der Waals surface area (Å²) in [4.78, 5) is 13.3. The molecule has 5 fully saturated rings. The van der Waals surface area contributed by atoms with Crippen molar-refractivity contribution in [3.05, 3.63) is 0 Å². The zero-order valence-electron chi connectivity index (χ0n) is 14.8. The molecular weight excluding hydrogens is 347 g/mol. The van der Waals surface area contributed by atoms with Gasteiger partial charge in [-0.3, -0.25) is 4.99 Å². The van der Waals surface area contributed by atoms with Gasteiger partial charge in [0.1, 0.15) is 0 Å². The van der Waals surface area contributed by atoms with Crippen molar-refractivity contribution in [1.29, 1.82) is 0 Å². The second kappa shape index (κ2) is 6.93. The minimum Gasteiger partial charge on any atom is -0.475 e. The number of halogens is 3. The average Bonchev–Trinajstić information content (AvgIpc) is 2.52. The third-order valence-corrected chi connectivity index (χ3v) is 7.22. The van der Waals surface area contributed by atoms with E-state index in [2.05, 4.69) is 4.99 Å². The number of nitrogens with zero attached hydrogens (tertiary/aromatic N) is 1. The Morgan fingerprint density at radius 1 is 0.962 bits per heavy atom. The second-order valence-electron chi connectivity index (χ2n) is 8.63. The third-order valence-electron chi connectivity index (χ3n) is 7.22. The lowest BCUT2D eigenvalue weighted by molar-refractivity contribution is -0.192. The summed E-state index contributed by atoms with van der Waals surface area (Å²) in [5, 5.41) is 7.12. The van der Waals surface area contributed by atoms with Gasteiger partial charge in [0.25, 0.3) is 0 Å². The number of hydrogen-bond donors (Lipinski definition) is 3. The topological polar surface area (TPSA) is 102 Å². The molecular formula is C18H28F3N3O2. The van der Waals surface area contributed by atoms with Gasteiger partial charge in [0.2, 0.25) is 0 Å². The molecule has 0 aliphatic heterocycles. The summed E-state index contributed by atoms with van der Waals surface area (Å²) >= 11 is 0. The van der Waals surface area contributed by atoms with Crippen molar-refractivity contribution < 1.29 is 23.1 Å². The Balaban J connectivity index is 0.000000242. The molecule has 5 saturated carbocycles. The molecule has 0 aromatic rings. The van der Waals surface area contributed by atoms with Crippen molar-refractivity contribution in [3.63, 3.8) is 0 Å². The first-order valence-corrected chi connectivity index (χ1v) is 9.49. The van der Waals surface area contributed by atoms with E-state index in [0.717, 1.165) is 23.7 Å². The Morgan fingerprint density at radius 2 is 1.38 bits per heavy atom. The number of rotatable bonds is 1. The van der Waals surface area contributed by atoms with Crippen molar-refractivity contribution in [3.8, 4) is 0 Å². The summed E-state index contributed by atoms with van der Waals surface area (Å²) in [5.41, 5.74) is 11.8. The maximum absolute atomic E-state index is 10.6. The molecule has 0 unspecified atom stereocenters. The van der Waals surface area contributed by atoms with Gasteiger partial charge in [-0.05, 0) is 86.9 Å². The van der Waals surface area contributed by atoms with E-state index in [-0.39, 0.29) is 5.96 Å². The highest BCUT2D eigenvalue weighted by molar-refractivity contribution is 5.75. The first-order chi connectivity index (χ1) is 12.1. The lowest BCUT2D eigenvalue weighted by Crippen LogP contribution is -2.54. The predicted molar refractivity (Wildman–Crippen MR) is 91.2 cm³/mol. The number of carbonyl (C=O) groups is 1. The molecule has 0 heterocycles. The highest BCUT2D eigenvalue weighted by Gasteiger charge is 2.57. The van der Waals surface area contributed by atoms with Gasteiger partial charge in [-0.1, -0.05) is 0 Å². The SMILES string of the molecule is NC(N)=NC1CCC2(CC1)C1CC3CC(C1)CC2C3.O=C(O)C(F)(F)F. The Morgan fingerprint density at radius 3 is 1.73 bits per heavy atom. The van der Waals surface area contributed by atoms with Gasteiger partial charge in [0, 0.05) is 0 Å². The number of nitrogens with two attached hydrogens (primary N) is 2. The van der Waals surface area contributed by atoms with Crippen LogP contribution in [0.4, 0.5) is 13.2 Å². The van der Waals surface area contributed by atoms with E-state index in [4.69, 9.17) is 21.4 Å². The normalized spacial score (nSPS) is 40.7. The first kappa shape index (κ1) is 19.3. The monoisotopic (exact) mass is 375 g/mol. The van der Waals surface area contributed by atoms with E-state index >= 15 is 0 Å². The maximum atomic E-state index is 10.6. The maximum Gasteiger partial charge on any atom is 0.490 e. The molecule has 0 aromatic carbocycles. The molecule has 5 rings (SSSR count). The van der Waals surface area contributed by atoms with E-state index in [1.54, 1.807) is 32.1 Å². The molecule has 0 amide bonds. The van der Waals surface area contributed by atoms with Crippen molar-refractivity contribution in [2.45, 2.75) is 70.0 Å². The predicted octanol–water partition coefficient (Wildman–Crippen LogP) is 3.28. The molecule has 5 aliphatic carbocycles. The van der Waals surface area contributed by atoms with E-state index < -0.39 is 12.1 Å². The summed E-state index contributed by atoms with van der Waals surface area (Å²) in [6, 6.07) is 0.410. The quantitative estimate of drug-likeness (QED) is 0.483. The number of carboxylic acids is 1. The van der Waals surface area contributed by atoms with Crippen LogP contribution >= 0.6 is 0 Å². The zero-order valence-corrected chi connectivity index (χ0v) is 14.8. The summed E-state index contributed by atoms with van der Waals surface area (Å²) < 4.78 is 31.7. The van der Waals surface area contributed by atoms with Crippen LogP contribution in [-0.4, -0.2) is 29.3 Å². The zero-order chi connectivity index (χ0) is 19.1. The summed E-state index contributed by atoms with van der Waals surface area (Å²) in [5.74, 6) is 1.79. The van der Waals surface area contributed by atoms with Gasteiger partial charge in [0.05, 0.1) is 6.04 Å². The van der Waals surface area contributed by atoms with E-state index in [1.165, 1.54) is 25.7 Å². The van der Waals surface area contributed by atoms with Gasteiger partial charge < -0.3 is 16.6 Å². The lowest BCUT2D eigenvalue weighted by Gasteiger charge is -2.63. The Kier molecular flexibility index (Phi) is 5.14. The van der Waals surface area contributed by atoms with Crippen LogP contribution in [0.25, 0.3) is 0 Å². The van der Waals surface area contributed by atoms with Crippen LogP contribution in [0.2, 0.25) is 0 Å². The Hall–Kier alpha value is -1.47. The molecule has 5 N–H and O–H groups in total. The number of hydrogen-bond acceptors (Lipinski definition) is 2. The first-order valence-electron chi connectivity index (χ1n) is 9.49. The fraction of sp³-hybridized carbons (Fsp3) is 0.889. The molecule has 5 aliphatic rings. The van der Waals surface area contributed by atoms with Crippen molar-refractivity contribution in [2.75, 3.05) is 0 Å². The van der Waals surface area contributed by atoms with Crippen LogP contribution in [0.1, 0.15) is 57.8 Å². The van der Waals surface area contributed by atoms with Crippen molar-refractivity contribution in [1.82, 2.24) is 0 Å². The molecule has 0 aromatic heterocycles. The van der Waals surface area contributed by atoms with Gasteiger partial charge in [-0.15, -0.1) is 0 Å².